The van der Waals surface area contributed by atoms with Crippen molar-refractivity contribution in [2.24, 2.45) is 5.92 Å². The maximum Gasteiger partial charge on any atom is 0.258 e. The molecule has 1 aromatic carbocycles. The van der Waals surface area contributed by atoms with E-state index in [2.05, 4.69) is 10.6 Å². The zero-order valence-electron chi connectivity index (χ0n) is 14.1. The molecule has 1 aromatic rings. The first kappa shape index (κ1) is 17.5. The number of rotatable bonds is 6. The summed E-state index contributed by atoms with van der Waals surface area (Å²) < 4.78 is 23.9. The van der Waals surface area contributed by atoms with Gasteiger partial charge in [0.05, 0.1) is 17.5 Å². The van der Waals surface area contributed by atoms with Crippen LogP contribution in [0.2, 0.25) is 5.02 Å². The maximum absolute atomic E-state index is 13.3. The highest BCUT2D eigenvalue weighted by Crippen LogP contribution is 2.60. The van der Waals surface area contributed by atoms with E-state index in [4.69, 9.17) is 21.1 Å². The van der Waals surface area contributed by atoms with Gasteiger partial charge in [-0.2, -0.15) is 0 Å². The number of amides is 2. The summed E-state index contributed by atoms with van der Waals surface area (Å²) in [7, 11) is 0. The molecular weight excluding hydrogens is 363 g/mol. The fourth-order valence-electron chi connectivity index (χ4n) is 4.21. The number of ether oxygens (including phenoxy) is 2. The molecule has 2 N–H and O–H groups in total. The molecular formula is C18H20ClFN2O4. The lowest BCUT2D eigenvalue weighted by Crippen LogP contribution is -2.84. The van der Waals surface area contributed by atoms with Gasteiger partial charge in [-0.15, -0.1) is 0 Å². The van der Waals surface area contributed by atoms with Crippen LogP contribution in [0.1, 0.15) is 25.7 Å². The van der Waals surface area contributed by atoms with E-state index in [9.17, 15) is 14.0 Å². The molecule has 2 bridgehead atoms. The third kappa shape index (κ3) is 3.25. The number of nitrogens with one attached hydrogen (secondary N) is 2. The van der Waals surface area contributed by atoms with Crippen LogP contribution in [0.5, 0.6) is 5.75 Å². The third-order valence-corrected chi connectivity index (χ3v) is 5.69. The molecule has 140 valence electrons. The van der Waals surface area contributed by atoms with Gasteiger partial charge in [-0.3, -0.25) is 9.59 Å². The number of benzene rings is 1. The van der Waals surface area contributed by atoms with Crippen molar-refractivity contribution in [3.63, 3.8) is 0 Å². The van der Waals surface area contributed by atoms with E-state index < -0.39 is 5.82 Å². The second-order valence-corrected chi connectivity index (χ2v) is 7.96. The van der Waals surface area contributed by atoms with Crippen LogP contribution in [0, 0.1) is 11.7 Å². The molecule has 0 spiro atoms. The summed E-state index contributed by atoms with van der Waals surface area (Å²) in [6.07, 6.45) is 2.98. The van der Waals surface area contributed by atoms with Crippen molar-refractivity contribution < 1.29 is 23.5 Å². The van der Waals surface area contributed by atoms with Gasteiger partial charge >= 0.3 is 0 Å². The molecule has 3 aliphatic carbocycles. The van der Waals surface area contributed by atoms with Gasteiger partial charge in [0.25, 0.3) is 5.91 Å². The molecule has 1 atom stereocenters. The van der Waals surface area contributed by atoms with Gasteiger partial charge in [0.15, 0.2) is 6.61 Å². The third-order valence-electron chi connectivity index (χ3n) is 5.38. The zero-order valence-corrected chi connectivity index (χ0v) is 14.9. The Balaban J connectivity index is 1.21. The molecule has 3 saturated carbocycles. The van der Waals surface area contributed by atoms with Crippen LogP contribution < -0.4 is 15.4 Å². The minimum Gasteiger partial charge on any atom is -0.484 e. The molecule has 1 aliphatic heterocycles. The summed E-state index contributed by atoms with van der Waals surface area (Å²) in [6.45, 7) is 0.941. The molecule has 1 heterocycles. The van der Waals surface area contributed by atoms with E-state index in [0.717, 1.165) is 31.7 Å². The van der Waals surface area contributed by atoms with Crippen molar-refractivity contribution >= 4 is 23.4 Å². The summed E-state index contributed by atoms with van der Waals surface area (Å²) in [5, 5.41) is 6.08. The van der Waals surface area contributed by atoms with E-state index in [0.29, 0.717) is 13.2 Å². The minimum absolute atomic E-state index is 0.00665. The van der Waals surface area contributed by atoms with Gasteiger partial charge < -0.3 is 20.1 Å². The van der Waals surface area contributed by atoms with Crippen molar-refractivity contribution in [3.8, 4) is 5.75 Å². The number of hydrogen-bond donors (Lipinski definition) is 2. The normalized spacial score (nSPS) is 31.5. The molecule has 4 aliphatic rings. The van der Waals surface area contributed by atoms with E-state index >= 15 is 0 Å². The van der Waals surface area contributed by atoms with Crippen LogP contribution >= 0.6 is 11.6 Å². The molecule has 0 radical (unpaired) electrons. The molecule has 1 saturated heterocycles. The summed E-state index contributed by atoms with van der Waals surface area (Å²) in [6, 6.07) is 4.04. The first-order valence-electron chi connectivity index (χ1n) is 8.67. The SMILES string of the molecule is O=C(COc1ccc(Cl)c(F)c1)NC12CC(NC(=O)C3CCOC3)(C1)C2. The van der Waals surface area contributed by atoms with Crippen LogP contribution in [-0.2, 0) is 14.3 Å². The van der Waals surface area contributed by atoms with Gasteiger partial charge in [0.2, 0.25) is 5.91 Å². The number of carbonyl (C=O) groups excluding carboxylic acids is 2. The van der Waals surface area contributed by atoms with Crippen molar-refractivity contribution in [1.82, 2.24) is 10.6 Å². The zero-order chi connectivity index (χ0) is 18.4. The molecule has 0 aromatic heterocycles. The van der Waals surface area contributed by atoms with Gasteiger partial charge in [-0.1, -0.05) is 11.6 Å². The summed E-state index contributed by atoms with van der Waals surface area (Å²) in [4.78, 5) is 24.3. The lowest BCUT2D eigenvalue weighted by atomic mass is 9.44. The second-order valence-electron chi connectivity index (χ2n) is 7.55. The highest BCUT2D eigenvalue weighted by atomic mass is 35.5. The van der Waals surface area contributed by atoms with Gasteiger partial charge in [0, 0.05) is 23.8 Å². The maximum atomic E-state index is 13.3. The highest BCUT2D eigenvalue weighted by molar-refractivity contribution is 6.30. The van der Waals surface area contributed by atoms with E-state index in [-0.39, 0.29) is 46.2 Å². The first-order valence-corrected chi connectivity index (χ1v) is 9.05. The Labute approximate surface area is 155 Å². The van der Waals surface area contributed by atoms with Gasteiger partial charge in [0.1, 0.15) is 11.6 Å². The predicted octanol–water partition coefficient (Wildman–Crippen LogP) is 1.80. The Kier molecular flexibility index (Phi) is 4.31. The van der Waals surface area contributed by atoms with Crippen molar-refractivity contribution in [2.75, 3.05) is 19.8 Å². The van der Waals surface area contributed by atoms with E-state index in [1.165, 1.54) is 12.1 Å². The topological polar surface area (TPSA) is 76.7 Å². The molecule has 26 heavy (non-hydrogen) atoms. The van der Waals surface area contributed by atoms with Crippen molar-refractivity contribution in [3.05, 3.63) is 29.0 Å². The smallest absolute Gasteiger partial charge is 0.258 e. The standard InChI is InChI=1S/C18H20ClFN2O4/c19-13-2-1-12(5-14(13)20)26-7-15(23)21-17-8-18(9-17,10-17)22-16(24)11-3-4-25-6-11/h1-2,5,11H,3-4,6-10H2,(H,21,23)(H,22,24). The Morgan fingerprint density at radius 1 is 1.27 bits per heavy atom. The molecule has 5 rings (SSSR count). The average molecular weight is 383 g/mol. The van der Waals surface area contributed by atoms with Gasteiger partial charge in [-0.25, -0.2) is 4.39 Å². The Hall–Kier alpha value is -1.86. The molecule has 8 heteroatoms. The average Bonchev–Trinajstić information content (AvgIpc) is 3.07. The van der Waals surface area contributed by atoms with E-state index in [1.54, 1.807) is 0 Å². The summed E-state index contributed by atoms with van der Waals surface area (Å²) >= 11 is 5.61. The Bertz CT molecular complexity index is 731. The molecule has 4 fully saturated rings. The van der Waals surface area contributed by atoms with Crippen molar-refractivity contribution in [1.29, 1.82) is 0 Å². The number of hydrogen-bond acceptors (Lipinski definition) is 4. The minimum atomic E-state index is -0.589. The summed E-state index contributed by atoms with van der Waals surface area (Å²) in [5.41, 5.74) is -0.418. The van der Waals surface area contributed by atoms with Crippen LogP contribution in [0.4, 0.5) is 4.39 Å². The molecule has 2 amide bonds. The van der Waals surface area contributed by atoms with Gasteiger partial charge in [-0.05, 0) is 37.8 Å². The first-order chi connectivity index (χ1) is 12.4. The van der Waals surface area contributed by atoms with Crippen LogP contribution in [0.15, 0.2) is 18.2 Å². The highest BCUT2D eigenvalue weighted by Gasteiger charge is 2.69. The van der Waals surface area contributed by atoms with Crippen LogP contribution in [0.25, 0.3) is 0 Å². The lowest BCUT2D eigenvalue weighted by molar-refractivity contribution is -0.152. The number of carbonyl (C=O) groups is 2. The fourth-order valence-corrected chi connectivity index (χ4v) is 4.32. The molecule has 1 unspecified atom stereocenters. The Morgan fingerprint density at radius 2 is 2.00 bits per heavy atom. The predicted molar refractivity (Wildman–Crippen MR) is 91.4 cm³/mol. The second kappa shape index (κ2) is 6.39. The van der Waals surface area contributed by atoms with E-state index in [1.807, 2.05) is 0 Å². The Morgan fingerprint density at radius 3 is 2.65 bits per heavy atom. The number of halogens is 2. The molecule has 6 nitrogen and oxygen atoms in total. The summed E-state index contributed by atoms with van der Waals surface area (Å²) in [5.74, 6) is -0.598. The monoisotopic (exact) mass is 382 g/mol. The van der Waals surface area contributed by atoms with Crippen LogP contribution in [0.3, 0.4) is 0 Å². The van der Waals surface area contributed by atoms with Crippen molar-refractivity contribution in [2.45, 2.75) is 36.8 Å². The van der Waals surface area contributed by atoms with Crippen LogP contribution in [-0.4, -0.2) is 42.7 Å². The quantitative estimate of drug-likeness (QED) is 0.786. The largest absolute Gasteiger partial charge is 0.484 e. The fraction of sp³-hybridized carbons (Fsp3) is 0.556. The lowest BCUT2D eigenvalue weighted by Gasteiger charge is -2.70.